The van der Waals surface area contributed by atoms with Crippen LogP contribution in [0, 0.1) is 12.7 Å². The molecule has 0 aliphatic heterocycles. The number of aromatic nitrogens is 1. The second-order valence-electron chi connectivity index (χ2n) is 3.42. The normalized spacial score (nSPS) is 10.2. The van der Waals surface area contributed by atoms with Gasteiger partial charge in [0.15, 0.2) is 0 Å². The topological polar surface area (TPSA) is 24.9 Å². The molecule has 0 aliphatic rings. The molecule has 2 rings (SSSR count). The Hall–Kier alpha value is -1.61. The predicted molar refractivity (Wildman–Crippen MR) is 63.7 cm³/mol. The number of hydrogen-bond donors (Lipinski definition) is 1. The highest BCUT2D eigenvalue weighted by atomic mass is 35.5. The lowest BCUT2D eigenvalue weighted by Crippen LogP contribution is -1.98. The second kappa shape index (κ2) is 4.49. The molecular weight excluding hydrogens is 227 g/mol. The van der Waals surface area contributed by atoms with Crippen molar-refractivity contribution in [3.8, 4) is 0 Å². The predicted octanol–water partition coefficient (Wildman–Crippen LogP) is 3.93. The Morgan fingerprint density at radius 2 is 2.06 bits per heavy atom. The summed E-state index contributed by atoms with van der Waals surface area (Å²) in [6.07, 6.45) is 1.51. The molecule has 1 heterocycles. The maximum atomic E-state index is 13.5. The zero-order valence-corrected chi connectivity index (χ0v) is 9.42. The van der Waals surface area contributed by atoms with Gasteiger partial charge in [0.2, 0.25) is 0 Å². The highest BCUT2D eigenvalue weighted by Crippen LogP contribution is 2.22. The van der Waals surface area contributed by atoms with E-state index in [9.17, 15) is 4.39 Å². The van der Waals surface area contributed by atoms with Crippen LogP contribution in [0.2, 0.25) is 5.02 Å². The summed E-state index contributed by atoms with van der Waals surface area (Å²) in [5.74, 6) is 0.273. The molecule has 2 aromatic rings. The lowest BCUT2D eigenvalue weighted by atomic mass is 10.2. The number of nitrogens with one attached hydrogen (secondary N) is 1. The van der Waals surface area contributed by atoms with Gasteiger partial charge in [-0.25, -0.2) is 9.37 Å². The molecule has 16 heavy (non-hydrogen) atoms. The Balaban J connectivity index is 2.30. The fraction of sp³-hybridized carbons (Fsp3) is 0.0833. The molecular formula is C12H10ClFN2. The smallest absolute Gasteiger partial charge is 0.146 e. The van der Waals surface area contributed by atoms with Crippen molar-refractivity contribution in [1.29, 1.82) is 0 Å². The van der Waals surface area contributed by atoms with Crippen LogP contribution in [0.15, 0.2) is 36.5 Å². The van der Waals surface area contributed by atoms with Gasteiger partial charge in [-0.15, -0.1) is 0 Å². The van der Waals surface area contributed by atoms with Crippen molar-refractivity contribution in [3.63, 3.8) is 0 Å². The number of rotatable bonds is 2. The van der Waals surface area contributed by atoms with Crippen molar-refractivity contribution in [2.24, 2.45) is 0 Å². The number of para-hydroxylation sites is 1. The average molecular weight is 237 g/mol. The van der Waals surface area contributed by atoms with Crippen molar-refractivity contribution < 1.29 is 4.39 Å². The fourth-order valence-corrected chi connectivity index (χ4v) is 1.48. The number of aryl methyl sites for hydroxylation is 1. The zero-order valence-electron chi connectivity index (χ0n) is 8.67. The molecule has 0 atom stereocenters. The van der Waals surface area contributed by atoms with Gasteiger partial charge < -0.3 is 5.32 Å². The summed E-state index contributed by atoms with van der Waals surface area (Å²) in [5, 5.41) is 3.47. The van der Waals surface area contributed by atoms with Crippen LogP contribution in [-0.4, -0.2) is 4.98 Å². The minimum Gasteiger partial charge on any atom is -0.338 e. The molecule has 0 aliphatic carbocycles. The third-order valence-corrected chi connectivity index (χ3v) is 2.43. The molecule has 0 spiro atoms. The third-order valence-electron chi connectivity index (χ3n) is 2.20. The van der Waals surface area contributed by atoms with Gasteiger partial charge in [-0.05, 0) is 30.7 Å². The number of nitrogens with zero attached hydrogens (tertiary/aromatic N) is 1. The van der Waals surface area contributed by atoms with Crippen LogP contribution >= 0.6 is 11.6 Å². The van der Waals surface area contributed by atoms with E-state index in [0.29, 0.717) is 16.5 Å². The summed E-state index contributed by atoms with van der Waals surface area (Å²) in [6, 6.07) is 8.32. The number of benzene rings is 1. The maximum absolute atomic E-state index is 13.5. The molecule has 4 heteroatoms. The molecule has 1 aromatic carbocycles. The van der Waals surface area contributed by atoms with E-state index in [1.54, 1.807) is 18.2 Å². The first-order valence-corrected chi connectivity index (χ1v) is 5.18. The molecule has 0 radical (unpaired) electrons. The summed E-state index contributed by atoms with van der Waals surface area (Å²) < 4.78 is 13.5. The summed E-state index contributed by atoms with van der Waals surface area (Å²) in [6.45, 7) is 1.83. The molecule has 1 N–H and O–H groups in total. The van der Waals surface area contributed by atoms with Crippen LogP contribution in [0.25, 0.3) is 0 Å². The van der Waals surface area contributed by atoms with Gasteiger partial charge in [-0.1, -0.05) is 23.7 Å². The van der Waals surface area contributed by atoms with Crippen LogP contribution < -0.4 is 5.32 Å². The quantitative estimate of drug-likeness (QED) is 0.855. The first-order chi connectivity index (χ1) is 7.66. The van der Waals surface area contributed by atoms with E-state index in [1.807, 2.05) is 13.0 Å². The van der Waals surface area contributed by atoms with Crippen molar-refractivity contribution in [2.45, 2.75) is 6.92 Å². The Labute approximate surface area is 98.1 Å². The van der Waals surface area contributed by atoms with Crippen LogP contribution in [0.3, 0.4) is 0 Å². The van der Waals surface area contributed by atoms with Gasteiger partial charge in [0.25, 0.3) is 0 Å². The summed E-state index contributed by atoms with van der Waals surface area (Å²) >= 11 is 5.71. The summed E-state index contributed by atoms with van der Waals surface area (Å²) in [7, 11) is 0. The van der Waals surface area contributed by atoms with Gasteiger partial charge in [-0.2, -0.15) is 0 Å². The summed E-state index contributed by atoms with van der Waals surface area (Å²) in [5.41, 5.74) is 1.27. The van der Waals surface area contributed by atoms with E-state index in [2.05, 4.69) is 10.3 Å². The Kier molecular flexibility index (Phi) is 3.06. The largest absolute Gasteiger partial charge is 0.338 e. The first kappa shape index (κ1) is 10.9. The van der Waals surface area contributed by atoms with Gasteiger partial charge in [0.1, 0.15) is 11.6 Å². The molecule has 0 saturated heterocycles. The average Bonchev–Trinajstić information content (AvgIpc) is 2.26. The van der Waals surface area contributed by atoms with E-state index < -0.39 is 0 Å². The SMILES string of the molecule is Cc1cccc(F)c1Nc1ccc(Cl)cn1. The lowest BCUT2D eigenvalue weighted by Gasteiger charge is -2.09. The lowest BCUT2D eigenvalue weighted by molar-refractivity contribution is 0.631. The van der Waals surface area contributed by atoms with Crippen molar-refractivity contribution in [1.82, 2.24) is 4.98 Å². The Morgan fingerprint density at radius 1 is 1.25 bits per heavy atom. The molecule has 0 bridgehead atoms. The molecule has 1 aromatic heterocycles. The molecule has 0 amide bonds. The van der Waals surface area contributed by atoms with Crippen molar-refractivity contribution in [2.75, 3.05) is 5.32 Å². The maximum Gasteiger partial charge on any atom is 0.146 e. The van der Waals surface area contributed by atoms with Gasteiger partial charge in [-0.3, -0.25) is 0 Å². The van der Waals surface area contributed by atoms with E-state index in [4.69, 9.17) is 11.6 Å². The highest BCUT2D eigenvalue weighted by Gasteiger charge is 2.05. The number of halogens is 2. The monoisotopic (exact) mass is 236 g/mol. The minimum atomic E-state index is -0.295. The van der Waals surface area contributed by atoms with Crippen LogP contribution in [0.1, 0.15) is 5.56 Å². The van der Waals surface area contributed by atoms with E-state index in [1.165, 1.54) is 12.3 Å². The van der Waals surface area contributed by atoms with Gasteiger partial charge in [0.05, 0.1) is 10.7 Å². The van der Waals surface area contributed by atoms with Crippen LogP contribution in [-0.2, 0) is 0 Å². The molecule has 82 valence electrons. The third kappa shape index (κ3) is 2.31. The standard InChI is InChI=1S/C12H10ClFN2/c1-8-3-2-4-10(14)12(8)16-11-6-5-9(13)7-15-11/h2-7H,1H3,(H,15,16). The fourth-order valence-electron chi connectivity index (χ4n) is 1.37. The molecule has 0 unspecified atom stereocenters. The van der Waals surface area contributed by atoms with Crippen molar-refractivity contribution >= 4 is 23.1 Å². The Bertz CT molecular complexity index is 477. The van der Waals surface area contributed by atoms with Crippen molar-refractivity contribution in [3.05, 3.63) is 52.9 Å². The van der Waals surface area contributed by atoms with E-state index in [-0.39, 0.29) is 5.82 Å². The molecule has 0 fully saturated rings. The second-order valence-corrected chi connectivity index (χ2v) is 3.85. The molecule has 2 nitrogen and oxygen atoms in total. The van der Waals surface area contributed by atoms with Crippen LogP contribution in [0.5, 0.6) is 0 Å². The van der Waals surface area contributed by atoms with Gasteiger partial charge >= 0.3 is 0 Å². The number of pyridine rings is 1. The summed E-state index contributed by atoms with van der Waals surface area (Å²) in [4.78, 5) is 4.05. The minimum absolute atomic E-state index is 0.295. The van der Waals surface area contributed by atoms with E-state index in [0.717, 1.165) is 5.56 Å². The molecule has 0 saturated carbocycles. The number of hydrogen-bond acceptors (Lipinski definition) is 2. The zero-order chi connectivity index (χ0) is 11.5. The van der Waals surface area contributed by atoms with Crippen LogP contribution in [0.4, 0.5) is 15.9 Å². The highest BCUT2D eigenvalue weighted by molar-refractivity contribution is 6.30. The van der Waals surface area contributed by atoms with Gasteiger partial charge in [0, 0.05) is 6.20 Å². The Morgan fingerprint density at radius 3 is 2.69 bits per heavy atom. The van der Waals surface area contributed by atoms with E-state index >= 15 is 0 Å². The first-order valence-electron chi connectivity index (χ1n) is 4.80. The number of anilines is 2.